The molecule has 0 radical (unpaired) electrons. The van der Waals surface area contributed by atoms with Crippen LogP contribution in [-0.2, 0) is 4.79 Å². The van der Waals surface area contributed by atoms with Crippen molar-refractivity contribution in [1.82, 2.24) is 4.90 Å². The molecule has 1 saturated heterocycles. The fourth-order valence-corrected chi connectivity index (χ4v) is 2.70. The van der Waals surface area contributed by atoms with Crippen LogP contribution in [-0.4, -0.2) is 39.2 Å². The first-order chi connectivity index (χ1) is 8.91. The first-order valence-electron chi connectivity index (χ1n) is 6.67. The number of amides is 1. The van der Waals surface area contributed by atoms with E-state index in [1.54, 1.807) is 43.0 Å². The summed E-state index contributed by atoms with van der Waals surface area (Å²) in [6.45, 7) is 4.01. The monoisotopic (exact) mass is 263 g/mol. The van der Waals surface area contributed by atoms with Crippen LogP contribution in [0.2, 0.25) is 0 Å². The number of nitrogens with zero attached hydrogens (tertiary/aromatic N) is 1. The minimum absolute atomic E-state index is 0.224. The van der Waals surface area contributed by atoms with Crippen LogP contribution < -0.4 is 0 Å². The van der Waals surface area contributed by atoms with Crippen LogP contribution in [0.25, 0.3) is 0 Å². The van der Waals surface area contributed by atoms with Gasteiger partial charge in [0.15, 0.2) is 6.10 Å². The molecule has 19 heavy (non-hydrogen) atoms. The summed E-state index contributed by atoms with van der Waals surface area (Å²) in [4.78, 5) is 14.0. The summed E-state index contributed by atoms with van der Waals surface area (Å²) in [6.07, 6.45) is 0.489. The van der Waals surface area contributed by atoms with Crippen LogP contribution >= 0.6 is 0 Å². The number of aliphatic hydroxyl groups is 2. The first-order valence-corrected chi connectivity index (χ1v) is 6.67. The van der Waals surface area contributed by atoms with Gasteiger partial charge in [-0.15, -0.1) is 0 Å². The lowest BCUT2D eigenvalue weighted by Crippen LogP contribution is -2.49. The smallest absolute Gasteiger partial charge is 0.256 e. The normalized spacial score (nSPS) is 21.5. The number of carbonyl (C=O) groups is 1. The molecule has 2 N–H and O–H groups in total. The summed E-state index contributed by atoms with van der Waals surface area (Å²) in [7, 11) is 0. The van der Waals surface area contributed by atoms with E-state index in [2.05, 4.69) is 0 Å². The molecule has 0 aromatic heterocycles. The van der Waals surface area contributed by atoms with Crippen LogP contribution in [0.4, 0.5) is 0 Å². The van der Waals surface area contributed by atoms with Gasteiger partial charge in [0.05, 0.1) is 11.6 Å². The standard InChI is InChI=1S/C15H21NO3/c1-15(2,19)12-9-6-10-16(12)14(18)13(17)11-7-4-3-5-8-11/h3-5,7-8,12-13,17,19H,6,9-10H2,1-2H3/t12-,13+/m1/s1. The summed E-state index contributed by atoms with van der Waals surface area (Å²) < 4.78 is 0. The predicted octanol–water partition coefficient (Wildman–Crippen LogP) is 1.48. The molecular weight excluding hydrogens is 242 g/mol. The minimum atomic E-state index is -1.15. The number of hydrogen-bond donors (Lipinski definition) is 2. The molecule has 1 aliphatic heterocycles. The summed E-state index contributed by atoms with van der Waals surface area (Å²) in [5, 5.41) is 20.3. The first kappa shape index (κ1) is 14.0. The molecule has 0 aliphatic carbocycles. The number of benzene rings is 1. The highest BCUT2D eigenvalue weighted by atomic mass is 16.3. The summed E-state index contributed by atoms with van der Waals surface area (Å²) >= 11 is 0. The molecule has 2 atom stereocenters. The zero-order valence-corrected chi connectivity index (χ0v) is 11.4. The molecule has 1 heterocycles. The summed E-state index contributed by atoms with van der Waals surface area (Å²) in [5.41, 5.74) is -0.350. The molecule has 0 unspecified atom stereocenters. The highest BCUT2D eigenvalue weighted by Crippen LogP contribution is 2.29. The largest absolute Gasteiger partial charge is 0.388 e. The predicted molar refractivity (Wildman–Crippen MR) is 72.4 cm³/mol. The number of hydrogen-bond acceptors (Lipinski definition) is 3. The molecule has 4 nitrogen and oxygen atoms in total. The Labute approximate surface area is 113 Å². The van der Waals surface area contributed by atoms with E-state index in [4.69, 9.17) is 0 Å². The van der Waals surface area contributed by atoms with Gasteiger partial charge in [0.1, 0.15) is 0 Å². The quantitative estimate of drug-likeness (QED) is 0.868. The second-order valence-electron chi connectivity index (χ2n) is 5.66. The third-order valence-corrected chi connectivity index (χ3v) is 3.70. The van der Waals surface area contributed by atoms with Gasteiger partial charge in [0.25, 0.3) is 5.91 Å². The molecule has 1 fully saturated rings. The Morgan fingerprint density at radius 2 is 2.00 bits per heavy atom. The maximum absolute atomic E-state index is 12.4. The molecule has 104 valence electrons. The van der Waals surface area contributed by atoms with E-state index in [0.29, 0.717) is 12.1 Å². The fraction of sp³-hybridized carbons (Fsp3) is 0.533. The van der Waals surface area contributed by atoms with E-state index in [0.717, 1.165) is 12.8 Å². The van der Waals surface area contributed by atoms with E-state index in [9.17, 15) is 15.0 Å². The average Bonchev–Trinajstić information content (AvgIpc) is 2.87. The maximum Gasteiger partial charge on any atom is 0.256 e. The Bertz CT molecular complexity index is 438. The molecule has 0 spiro atoms. The highest BCUT2D eigenvalue weighted by Gasteiger charge is 2.40. The van der Waals surface area contributed by atoms with Crippen molar-refractivity contribution in [3.63, 3.8) is 0 Å². The van der Waals surface area contributed by atoms with E-state index in [-0.39, 0.29) is 11.9 Å². The fourth-order valence-electron chi connectivity index (χ4n) is 2.70. The average molecular weight is 263 g/mol. The molecule has 1 amide bonds. The maximum atomic E-state index is 12.4. The Balaban J connectivity index is 2.15. The summed E-state index contributed by atoms with van der Waals surface area (Å²) in [6, 6.07) is 8.68. The molecule has 0 saturated carbocycles. The van der Waals surface area contributed by atoms with Gasteiger partial charge in [-0.05, 0) is 32.3 Å². The Morgan fingerprint density at radius 3 is 2.58 bits per heavy atom. The van der Waals surface area contributed by atoms with Gasteiger partial charge in [-0.25, -0.2) is 0 Å². The topological polar surface area (TPSA) is 60.8 Å². The van der Waals surface area contributed by atoms with Gasteiger partial charge in [-0.3, -0.25) is 4.79 Å². The van der Waals surface area contributed by atoms with Gasteiger partial charge < -0.3 is 15.1 Å². The van der Waals surface area contributed by atoms with E-state index < -0.39 is 11.7 Å². The number of rotatable bonds is 3. The van der Waals surface area contributed by atoms with Crippen molar-refractivity contribution < 1.29 is 15.0 Å². The van der Waals surface area contributed by atoms with E-state index >= 15 is 0 Å². The Morgan fingerprint density at radius 1 is 1.37 bits per heavy atom. The van der Waals surface area contributed by atoms with Crippen LogP contribution in [0.1, 0.15) is 38.4 Å². The number of carbonyl (C=O) groups excluding carboxylic acids is 1. The molecule has 1 aromatic rings. The van der Waals surface area contributed by atoms with Gasteiger partial charge in [0, 0.05) is 6.54 Å². The zero-order chi connectivity index (χ0) is 14.0. The van der Waals surface area contributed by atoms with Crippen molar-refractivity contribution in [1.29, 1.82) is 0 Å². The second kappa shape index (κ2) is 5.31. The lowest BCUT2D eigenvalue weighted by atomic mass is 9.96. The third-order valence-electron chi connectivity index (χ3n) is 3.70. The Hall–Kier alpha value is -1.39. The molecular formula is C15H21NO3. The molecule has 4 heteroatoms. The number of likely N-dealkylation sites (tertiary alicyclic amines) is 1. The summed E-state index contributed by atoms with van der Waals surface area (Å²) in [5.74, 6) is -0.323. The molecule has 1 aliphatic rings. The molecule has 1 aromatic carbocycles. The highest BCUT2D eigenvalue weighted by molar-refractivity contribution is 5.82. The van der Waals surface area contributed by atoms with Crippen molar-refractivity contribution >= 4 is 5.91 Å². The van der Waals surface area contributed by atoms with E-state index in [1.807, 2.05) is 6.07 Å². The van der Waals surface area contributed by atoms with Crippen molar-refractivity contribution in [2.24, 2.45) is 0 Å². The van der Waals surface area contributed by atoms with Crippen LogP contribution in [0, 0.1) is 0 Å². The van der Waals surface area contributed by atoms with Gasteiger partial charge in [0.2, 0.25) is 0 Å². The van der Waals surface area contributed by atoms with Crippen LogP contribution in [0.3, 0.4) is 0 Å². The molecule has 0 bridgehead atoms. The van der Waals surface area contributed by atoms with Crippen molar-refractivity contribution in [2.75, 3.05) is 6.54 Å². The van der Waals surface area contributed by atoms with Crippen LogP contribution in [0.15, 0.2) is 30.3 Å². The third kappa shape index (κ3) is 2.96. The van der Waals surface area contributed by atoms with Crippen molar-refractivity contribution in [2.45, 2.75) is 44.4 Å². The van der Waals surface area contributed by atoms with Gasteiger partial charge in [-0.2, -0.15) is 0 Å². The lowest BCUT2D eigenvalue weighted by Gasteiger charge is -2.34. The minimum Gasteiger partial charge on any atom is -0.388 e. The lowest BCUT2D eigenvalue weighted by molar-refractivity contribution is -0.146. The van der Waals surface area contributed by atoms with Crippen LogP contribution in [0.5, 0.6) is 0 Å². The van der Waals surface area contributed by atoms with Gasteiger partial charge >= 0.3 is 0 Å². The number of aliphatic hydroxyl groups excluding tert-OH is 1. The zero-order valence-electron chi connectivity index (χ0n) is 11.4. The SMILES string of the molecule is CC(C)(O)[C@H]1CCCN1C(=O)[C@@H](O)c1ccccc1. The molecule has 2 rings (SSSR count). The van der Waals surface area contributed by atoms with Crippen molar-refractivity contribution in [3.8, 4) is 0 Å². The van der Waals surface area contributed by atoms with Gasteiger partial charge in [-0.1, -0.05) is 30.3 Å². The van der Waals surface area contributed by atoms with E-state index in [1.165, 1.54) is 0 Å². The Kier molecular flexibility index (Phi) is 3.92. The second-order valence-corrected chi connectivity index (χ2v) is 5.66. The van der Waals surface area contributed by atoms with Crippen molar-refractivity contribution in [3.05, 3.63) is 35.9 Å².